The van der Waals surface area contributed by atoms with Crippen molar-refractivity contribution < 1.29 is 18.1 Å². The van der Waals surface area contributed by atoms with E-state index in [4.69, 9.17) is 0 Å². The number of anilines is 1. The highest BCUT2D eigenvalue weighted by Crippen LogP contribution is 2.35. The number of benzene rings is 1. The number of nitro groups is 1. The van der Waals surface area contributed by atoms with Crippen molar-refractivity contribution in [3.8, 4) is 0 Å². The third kappa shape index (κ3) is 3.50. The van der Waals surface area contributed by atoms with Crippen LogP contribution in [0.15, 0.2) is 24.4 Å². The van der Waals surface area contributed by atoms with E-state index in [0.29, 0.717) is 17.6 Å². The third-order valence-electron chi connectivity index (χ3n) is 2.75. The largest absolute Gasteiger partial charge is 0.416 e. The van der Waals surface area contributed by atoms with E-state index in [1.165, 1.54) is 6.20 Å². The number of aryl methyl sites for hydroxylation is 1. The number of nitrogens with zero attached hydrogens (tertiary/aromatic N) is 2. The molecule has 0 atom stereocenters. The summed E-state index contributed by atoms with van der Waals surface area (Å²) in [5, 5.41) is 13.6. The smallest absolute Gasteiger partial charge is 0.374 e. The Morgan fingerprint density at radius 1 is 1.43 bits per heavy atom. The Morgan fingerprint density at radius 3 is 2.67 bits per heavy atom. The summed E-state index contributed by atoms with van der Waals surface area (Å²) in [6.45, 7) is 1.93. The van der Waals surface area contributed by atoms with Gasteiger partial charge in [0.05, 0.1) is 28.9 Å². The maximum Gasteiger partial charge on any atom is 0.416 e. The molecule has 0 amide bonds. The van der Waals surface area contributed by atoms with Crippen LogP contribution in [0.1, 0.15) is 17.1 Å². The van der Waals surface area contributed by atoms with E-state index in [1.54, 1.807) is 6.92 Å². The van der Waals surface area contributed by atoms with E-state index in [0.717, 1.165) is 12.1 Å². The Kier molecular flexibility index (Phi) is 3.83. The molecule has 2 N–H and O–H groups in total. The number of alkyl halides is 3. The van der Waals surface area contributed by atoms with E-state index in [-0.39, 0.29) is 12.2 Å². The molecule has 0 saturated heterocycles. The minimum absolute atomic E-state index is 0.0141. The van der Waals surface area contributed by atoms with Crippen LogP contribution in [0.4, 0.5) is 24.5 Å². The number of halogens is 3. The Hall–Kier alpha value is -2.58. The third-order valence-corrected chi connectivity index (χ3v) is 2.75. The molecule has 1 heterocycles. The summed E-state index contributed by atoms with van der Waals surface area (Å²) in [5.74, 6) is 0.675. The fourth-order valence-electron chi connectivity index (χ4n) is 1.76. The summed E-state index contributed by atoms with van der Waals surface area (Å²) in [6.07, 6.45) is -3.08. The lowest BCUT2D eigenvalue weighted by Crippen LogP contribution is -2.08. The minimum atomic E-state index is -4.62. The lowest BCUT2D eigenvalue weighted by molar-refractivity contribution is -0.384. The number of hydrogen-bond donors (Lipinski definition) is 2. The molecule has 1 aromatic carbocycles. The number of imidazole rings is 1. The maximum atomic E-state index is 12.6. The van der Waals surface area contributed by atoms with Gasteiger partial charge in [-0.25, -0.2) is 4.98 Å². The normalized spacial score (nSPS) is 11.4. The average molecular weight is 300 g/mol. The Morgan fingerprint density at radius 2 is 2.14 bits per heavy atom. The highest BCUT2D eigenvalue weighted by Gasteiger charge is 2.32. The van der Waals surface area contributed by atoms with Gasteiger partial charge in [-0.3, -0.25) is 10.1 Å². The van der Waals surface area contributed by atoms with Gasteiger partial charge in [-0.1, -0.05) is 0 Å². The van der Waals surface area contributed by atoms with Crippen molar-refractivity contribution in [3.63, 3.8) is 0 Å². The summed E-state index contributed by atoms with van der Waals surface area (Å²) in [6, 6.07) is 2.36. The van der Waals surface area contributed by atoms with E-state index < -0.39 is 22.4 Å². The van der Waals surface area contributed by atoms with Crippen LogP contribution in [0, 0.1) is 17.0 Å². The van der Waals surface area contributed by atoms with Crippen LogP contribution >= 0.6 is 0 Å². The molecular formula is C12H11F3N4O2. The SMILES string of the molecule is Cc1ncc(CNc2ccc(C(F)(F)F)cc2[N+](=O)[O-])[nH]1. The predicted molar refractivity (Wildman–Crippen MR) is 68.7 cm³/mol. The zero-order valence-corrected chi connectivity index (χ0v) is 10.9. The fraction of sp³-hybridized carbons (Fsp3) is 0.250. The summed E-state index contributed by atoms with van der Waals surface area (Å²) in [5.41, 5.74) is -1.000. The van der Waals surface area contributed by atoms with E-state index in [1.807, 2.05) is 0 Å². The molecular weight excluding hydrogens is 289 g/mol. The summed E-state index contributed by atoms with van der Waals surface area (Å²) in [4.78, 5) is 16.9. The highest BCUT2D eigenvalue weighted by atomic mass is 19.4. The zero-order valence-electron chi connectivity index (χ0n) is 10.9. The molecule has 0 fully saturated rings. The van der Waals surface area contributed by atoms with Gasteiger partial charge in [0.25, 0.3) is 5.69 Å². The van der Waals surface area contributed by atoms with Gasteiger partial charge in [0.1, 0.15) is 11.5 Å². The molecule has 21 heavy (non-hydrogen) atoms. The van der Waals surface area contributed by atoms with Crippen LogP contribution in [-0.2, 0) is 12.7 Å². The molecule has 6 nitrogen and oxygen atoms in total. The molecule has 9 heteroatoms. The number of H-pyrrole nitrogens is 1. The molecule has 0 spiro atoms. The van der Waals surface area contributed by atoms with E-state index in [2.05, 4.69) is 15.3 Å². The monoisotopic (exact) mass is 300 g/mol. The average Bonchev–Trinajstić information content (AvgIpc) is 2.80. The number of nitrogens with one attached hydrogen (secondary N) is 2. The van der Waals surface area contributed by atoms with Crippen LogP contribution in [-0.4, -0.2) is 14.9 Å². The van der Waals surface area contributed by atoms with Gasteiger partial charge < -0.3 is 10.3 Å². The number of nitro benzene ring substituents is 1. The first-order valence-corrected chi connectivity index (χ1v) is 5.87. The quantitative estimate of drug-likeness (QED) is 0.670. The molecule has 0 bridgehead atoms. The van der Waals surface area contributed by atoms with Crippen molar-refractivity contribution in [1.29, 1.82) is 0 Å². The van der Waals surface area contributed by atoms with Crippen molar-refractivity contribution in [3.05, 3.63) is 51.6 Å². The lowest BCUT2D eigenvalue weighted by atomic mass is 10.1. The number of aromatic amines is 1. The molecule has 0 unspecified atom stereocenters. The van der Waals surface area contributed by atoms with Crippen LogP contribution in [0.5, 0.6) is 0 Å². The van der Waals surface area contributed by atoms with Crippen LogP contribution in [0.2, 0.25) is 0 Å². The summed E-state index contributed by atoms with van der Waals surface area (Å²) in [7, 11) is 0. The molecule has 2 aromatic rings. The van der Waals surface area contributed by atoms with Gasteiger partial charge in [0.15, 0.2) is 0 Å². The second-order valence-electron chi connectivity index (χ2n) is 4.33. The van der Waals surface area contributed by atoms with Gasteiger partial charge in [-0.05, 0) is 19.1 Å². The first-order valence-electron chi connectivity index (χ1n) is 5.87. The van der Waals surface area contributed by atoms with E-state index >= 15 is 0 Å². The molecule has 0 saturated carbocycles. The maximum absolute atomic E-state index is 12.6. The Labute approximate surface area is 117 Å². The molecule has 0 aliphatic heterocycles. The zero-order chi connectivity index (χ0) is 15.6. The molecule has 0 aliphatic rings. The topological polar surface area (TPSA) is 83.8 Å². The van der Waals surface area contributed by atoms with Crippen molar-refractivity contribution in [2.75, 3.05) is 5.32 Å². The molecule has 2 rings (SSSR count). The van der Waals surface area contributed by atoms with Gasteiger partial charge in [-0.15, -0.1) is 0 Å². The number of aromatic nitrogens is 2. The van der Waals surface area contributed by atoms with Gasteiger partial charge in [-0.2, -0.15) is 13.2 Å². The van der Waals surface area contributed by atoms with Crippen molar-refractivity contribution >= 4 is 11.4 Å². The second kappa shape index (κ2) is 5.43. The minimum Gasteiger partial charge on any atom is -0.374 e. The first kappa shape index (κ1) is 14.8. The van der Waals surface area contributed by atoms with Crippen LogP contribution < -0.4 is 5.32 Å². The van der Waals surface area contributed by atoms with Crippen LogP contribution in [0.25, 0.3) is 0 Å². The molecule has 112 valence electrons. The summed E-state index contributed by atoms with van der Waals surface area (Å²) < 4.78 is 37.7. The predicted octanol–water partition coefficient (Wildman–Crippen LogP) is 3.26. The van der Waals surface area contributed by atoms with Crippen molar-refractivity contribution in [1.82, 2.24) is 9.97 Å². The number of rotatable bonds is 4. The van der Waals surface area contributed by atoms with Crippen molar-refractivity contribution in [2.24, 2.45) is 0 Å². The first-order chi connectivity index (χ1) is 9.77. The second-order valence-corrected chi connectivity index (χ2v) is 4.33. The summed E-state index contributed by atoms with van der Waals surface area (Å²) >= 11 is 0. The van der Waals surface area contributed by atoms with Gasteiger partial charge in [0, 0.05) is 6.07 Å². The number of hydrogen-bond acceptors (Lipinski definition) is 4. The molecule has 1 aromatic heterocycles. The standard InChI is InChI=1S/C12H11F3N4O2/c1-7-16-5-9(18-7)6-17-10-3-2-8(12(13,14)15)4-11(10)19(20)21/h2-5,17H,6H2,1H3,(H,16,18). The Bertz CT molecular complexity index is 667. The van der Waals surface area contributed by atoms with Gasteiger partial charge in [0.2, 0.25) is 0 Å². The highest BCUT2D eigenvalue weighted by molar-refractivity contribution is 5.63. The molecule has 0 radical (unpaired) electrons. The lowest BCUT2D eigenvalue weighted by Gasteiger charge is -2.10. The molecule has 0 aliphatic carbocycles. The van der Waals surface area contributed by atoms with Gasteiger partial charge >= 0.3 is 6.18 Å². The van der Waals surface area contributed by atoms with E-state index in [9.17, 15) is 23.3 Å². The van der Waals surface area contributed by atoms with Crippen molar-refractivity contribution in [2.45, 2.75) is 19.6 Å². The fourth-order valence-corrected chi connectivity index (χ4v) is 1.76. The van der Waals surface area contributed by atoms with Crippen LogP contribution in [0.3, 0.4) is 0 Å². The Balaban J connectivity index is 2.24.